The maximum Gasteiger partial charge on any atom is 0.164 e. The largest absolute Gasteiger partial charge is 0.208 e. The van der Waals surface area contributed by atoms with Crippen LogP contribution in [0.5, 0.6) is 0 Å². The Morgan fingerprint density at radius 1 is 0.0966 bits per heavy atom. The summed E-state index contributed by atoms with van der Waals surface area (Å²) in [6.07, 6.45) is 0. The molecule has 0 saturated carbocycles. The summed E-state index contributed by atoms with van der Waals surface area (Å²) in [6, 6.07) is 213. The van der Waals surface area contributed by atoms with Crippen LogP contribution in [0, 0.1) is 0 Å². The Bertz CT molecular complexity index is 7950. The standard InChI is InChI=1S/C142H95N3/c1-13-40-96(41-14-1)111-71-112(97-42-15-2-16-43-97)78-123(77-111)108-64-39-65-109(70-108)139-143-140(145-141(144-139)132-89-121(106-60-33-11-34-61-106)76-122(90-132)107-62-35-12-36-63-107)110-68-69-136-135-66-37-38-67-137(135)142(138(136)95-110,133-91-128(124-79-113(98-44-17-3-18-45-98)72-114(80-124)99-46-19-4-20-47-99)87-129(92-133)125-81-115(100-48-21-5-22-49-100)73-116(82-125)101-50-23-6-24-51-101)134-93-130(126-83-117(102-52-25-7-26-53-102)74-118(84-126)103-54-27-8-28-55-103)88-131(94-134)127-85-119(104-56-29-9-30-57-104)75-120(86-127)105-58-31-10-32-59-105/h1-95H. The first-order valence-electron chi connectivity index (χ1n) is 49.8. The molecule has 0 unspecified atom stereocenters. The molecule has 0 N–H and O–H groups in total. The van der Waals surface area contributed by atoms with Gasteiger partial charge < -0.3 is 0 Å². The predicted molar refractivity (Wildman–Crippen MR) is 606 cm³/mol. The van der Waals surface area contributed by atoms with E-state index < -0.39 is 5.41 Å². The van der Waals surface area contributed by atoms with E-state index in [2.05, 4.69) is 576 Å². The highest BCUT2D eigenvalue weighted by Gasteiger charge is 2.48. The van der Waals surface area contributed by atoms with Gasteiger partial charge in [0.25, 0.3) is 0 Å². The highest BCUT2D eigenvalue weighted by atomic mass is 15.0. The molecule has 0 aliphatic heterocycles. The summed E-state index contributed by atoms with van der Waals surface area (Å²) >= 11 is 0. The summed E-state index contributed by atoms with van der Waals surface area (Å²) in [5.74, 6) is 1.57. The maximum atomic E-state index is 5.97. The number of benzene rings is 23. The van der Waals surface area contributed by atoms with Crippen LogP contribution in [0.1, 0.15) is 22.3 Å². The molecule has 145 heavy (non-hydrogen) atoms. The molecule has 1 aliphatic carbocycles. The Hall–Kier alpha value is -18.9. The molecule has 0 bridgehead atoms. The Labute approximate surface area is 847 Å². The highest BCUT2D eigenvalue weighted by molar-refractivity contribution is 5.96. The van der Waals surface area contributed by atoms with Crippen molar-refractivity contribution in [2.45, 2.75) is 5.41 Å². The fourth-order valence-corrected chi connectivity index (χ4v) is 21.5. The van der Waals surface area contributed by atoms with E-state index >= 15 is 0 Å². The zero-order valence-corrected chi connectivity index (χ0v) is 79.7. The fourth-order valence-electron chi connectivity index (χ4n) is 21.5. The molecule has 1 heterocycles. The van der Waals surface area contributed by atoms with Gasteiger partial charge in [-0.2, -0.15) is 0 Å². The minimum atomic E-state index is -1.22. The predicted octanol–water partition coefficient (Wildman–Crippen LogP) is 37.6. The number of hydrogen-bond donors (Lipinski definition) is 0. The van der Waals surface area contributed by atoms with Gasteiger partial charge in [-0.3, -0.25) is 0 Å². The van der Waals surface area contributed by atoms with Crippen LogP contribution < -0.4 is 0 Å². The monoisotopic (exact) mass is 1840 g/mol. The van der Waals surface area contributed by atoms with Gasteiger partial charge in [-0.1, -0.05) is 419 Å². The lowest BCUT2D eigenvalue weighted by Crippen LogP contribution is -2.29. The number of fused-ring (bicyclic) bond motifs is 3. The van der Waals surface area contributed by atoms with E-state index in [0.29, 0.717) is 17.5 Å². The van der Waals surface area contributed by atoms with Gasteiger partial charge in [0.15, 0.2) is 17.5 Å². The molecule has 0 fully saturated rings. The molecule has 0 radical (unpaired) electrons. The van der Waals surface area contributed by atoms with Crippen molar-refractivity contribution in [3.05, 3.63) is 599 Å². The van der Waals surface area contributed by atoms with E-state index in [4.69, 9.17) is 15.0 Å². The van der Waals surface area contributed by atoms with E-state index in [1.807, 2.05) is 0 Å². The summed E-state index contributed by atoms with van der Waals surface area (Å²) in [4.78, 5) is 17.7. The van der Waals surface area contributed by atoms with Gasteiger partial charge in [0, 0.05) is 16.7 Å². The third-order valence-corrected chi connectivity index (χ3v) is 28.6. The lowest BCUT2D eigenvalue weighted by atomic mass is 9.65. The molecular weight excluding hydrogens is 1750 g/mol. The third-order valence-electron chi connectivity index (χ3n) is 28.6. The average molecular weight is 1840 g/mol. The van der Waals surface area contributed by atoms with Gasteiger partial charge in [-0.25, -0.2) is 15.0 Å². The average Bonchev–Trinajstić information content (AvgIpc) is 1.53. The first kappa shape index (κ1) is 87.6. The fraction of sp³-hybridized carbons (Fsp3) is 0.00704. The van der Waals surface area contributed by atoms with E-state index in [0.717, 1.165) is 239 Å². The summed E-state index contributed by atoms with van der Waals surface area (Å²) in [5, 5.41) is 0. The molecule has 23 aromatic carbocycles. The van der Waals surface area contributed by atoms with Crippen molar-refractivity contribution in [3.8, 4) is 234 Å². The Balaban J connectivity index is 0.811. The van der Waals surface area contributed by atoms with Crippen molar-refractivity contribution >= 4 is 0 Å². The van der Waals surface area contributed by atoms with E-state index in [1.165, 1.54) is 0 Å². The van der Waals surface area contributed by atoms with E-state index in [9.17, 15) is 0 Å². The van der Waals surface area contributed by atoms with Gasteiger partial charge in [0.1, 0.15) is 0 Å². The Kier molecular flexibility index (Phi) is 23.4. The van der Waals surface area contributed by atoms with Crippen LogP contribution in [0.3, 0.4) is 0 Å². The molecule has 1 aromatic heterocycles. The number of hydrogen-bond acceptors (Lipinski definition) is 3. The third kappa shape index (κ3) is 17.7. The first-order valence-corrected chi connectivity index (χ1v) is 49.8. The van der Waals surface area contributed by atoms with Gasteiger partial charge in [-0.05, 0) is 380 Å². The molecule has 0 atom stereocenters. The van der Waals surface area contributed by atoms with E-state index in [1.54, 1.807) is 0 Å². The molecule has 678 valence electrons. The second kappa shape index (κ2) is 38.7. The molecule has 3 heteroatoms. The lowest BCUT2D eigenvalue weighted by molar-refractivity contribution is 0.770. The van der Waals surface area contributed by atoms with Crippen LogP contribution in [0.4, 0.5) is 0 Å². The van der Waals surface area contributed by atoms with E-state index in [-0.39, 0.29) is 0 Å². The SMILES string of the molecule is c1ccc(-c2cc(-c3ccccc3)cc(-c3cccc(-c4nc(-c5cc(-c6ccccc6)cc(-c6ccccc6)c5)nc(-c5ccc6c(c5)C(c5cc(-c7cc(-c8ccccc8)cc(-c8ccccc8)c7)cc(-c7cc(-c8ccccc8)cc(-c8ccccc8)c7)c5)(c5cc(-c7cc(-c8ccccc8)cc(-c8ccccc8)c7)cc(-c7cc(-c8ccccc8)cc(-c8ccccc8)c7)c5)c5ccccc5-6)n4)c3)c2)cc1. The Morgan fingerprint density at radius 3 is 0.497 bits per heavy atom. The minimum absolute atomic E-state index is 0.514. The molecule has 3 nitrogen and oxygen atoms in total. The second-order valence-corrected chi connectivity index (χ2v) is 37.7. The minimum Gasteiger partial charge on any atom is -0.208 e. The number of nitrogens with zero attached hydrogens (tertiary/aromatic N) is 3. The summed E-state index contributed by atoms with van der Waals surface area (Å²) in [7, 11) is 0. The maximum absolute atomic E-state index is 5.97. The molecular formula is C142H95N3. The van der Waals surface area contributed by atoms with Crippen LogP contribution in [0.2, 0.25) is 0 Å². The summed E-state index contributed by atoms with van der Waals surface area (Å²) < 4.78 is 0. The molecule has 1 aliphatic rings. The first-order chi connectivity index (χ1) is 71.7. The van der Waals surface area contributed by atoms with Crippen molar-refractivity contribution in [1.29, 1.82) is 0 Å². The zero-order valence-electron chi connectivity index (χ0n) is 79.7. The van der Waals surface area contributed by atoms with Gasteiger partial charge >= 0.3 is 0 Å². The summed E-state index contributed by atoms with van der Waals surface area (Å²) in [5.41, 5.74) is 44.8. The molecule has 0 amide bonds. The van der Waals surface area contributed by atoms with Crippen LogP contribution in [-0.4, -0.2) is 15.0 Å². The lowest BCUT2D eigenvalue weighted by Gasteiger charge is -2.36. The van der Waals surface area contributed by atoms with Crippen molar-refractivity contribution in [2.24, 2.45) is 0 Å². The van der Waals surface area contributed by atoms with Crippen LogP contribution in [0.15, 0.2) is 576 Å². The quantitative estimate of drug-likeness (QED) is 0.0679. The Morgan fingerprint density at radius 2 is 0.255 bits per heavy atom. The molecule has 0 spiro atoms. The van der Waals surface area contributed by atoms with Gasteiger partial charge in [0.2, 0.25) is 0 Å². The topological polar surface area (TPSA) is 38.7 Å². The van der Waals surface area contributed by atoms with Crippen molar-refractivity contribution < 1.29 is 0 Å². The molecule has 24 aromatic rings. The normalized spacial score (nSPS) is 11.8. The van der Waals surface area contributed by atoms with Gasteiger partial charge in [-0.15, -0.1) is 0 Å². The van der Waals surface area contributed by atoms with Crippen LogP contribution in [0.25, 0.3) is 234 Å². The summed E-state index contributed by atoms with van der Waals surface area (Å²) in [6.45, 7) is 0. The van der Waals surface area contributed by atoms with Gasteiger partial charge in [0.05, 0.1) is 5.41 Å². The smallest absolute Gasteiger partial charge is 0.164 e. The van der Waals surface area contributed by atoms with Crippen LogP contribution >= 0.6 is 0 Å². The number of aromatic nitrogens is 3. The molecule has 25 rings (SSSR count). The zero-order chi connectivity index (χ0) is 96.4. The number of rotatable bonds is 22. The second-order valence-electron chi connectivity index (χ2n) is 37.7. The van der Waals surface area contributed by atoms with Crippen LogP contribution in [-0.2, 0) is 5.41 Å². The van der Waals surface area contributed by atoms with Crippen molar-refractivity contribution in [3.63, 3.8) is 0 Å². The highest BCUT2D eigenvalue weighted by Crippen LogP contribution is 2.60. The molecule has 0 saturated heterocycles. The van der Waals surface area contributed by atoms with Crippen molar-refractivity contribution in [2.75, 3.05) is 0 Å². The van der Waals surface area contributed by atoms with Crippen molar-refractivity contribution in [1.82, 2.24) is 15.0 Å².